The second kappa shape index (κ2) is 7.43. The summed E-state index contributed by atoms with van der Waals surface area (Å²) in [4.78, 5) is 14.1. The summed E-state index contributed by atoms with van der Waals surface area (Å²) in [6.07, 6.45) is 4.05. The van der Waals surface area contributed by atoms with E-state index in [4.69, 9.17) is 11.6 Å². The lowest BCUT2D eigenvalue weighted by molar-refractivity contribution is -0.114. The molecule has 0 spiro atoms. The quantitative estimate of drug-likeness (QED) is 0.839. The molecule has 2 rings (SSSR count). The summed E-state index contributed by atoms with van der Waals surface area (Å²) in [7, 11) is 0. The van der Waals surface area contributed by atoms with Crippen molar-refractivity contribution in [1.29, 1.82) is 0 Å². The fourth-order valence-corrected chi connectivity index (χ4v) is 2.28. The fourth-order valence-electron chi connectivity index (χ4n) is 2.09. The summed E-state index contributed by atoms with van der Waals surface area (Å²) < 4.78 is 0. The number of hydrogen-bond acceptors (Lipinski definition) is 3. The lowest BCUT2D eigenvalue weighted by atomic mass is 10.1. The monoisotopic (exact) mass is 278 g/mol. The van der Waals surface area contributed by atoms with Crippen LogP contribution in [0.5, 0.6) is 0 Å². The minimum absolute atomic E-state index is 0.165. The average molecular weight is 279 g/mol. The molecule has 0 aliphatic carbocycles. The maximum Gasteiger partial charge on any atom is 0.156 e. The number of halogens is 1. The molecule has 0 saturated carbocycles. The third-order valence-electron chi connectivity index (χ3n) is 3.19. The Labute approximate surface area is 119 Å². The second-order valence-corrected chi connectivity index (χ2v) is 5.13. The van der Waals surface area contributed by atoms with Crippen molar-refractivity contribution in [2.45, 2.75) is 6.42 Å². The van der Waals surface area contributed by atoms with Gasteiger partial charge in [-0.15, -0.1) is 0 Å². The number of ketones is 1. The van der Waals surface area contributed by atoms with Crippen molar-refractivity contribution in [1.82, 2.24) is 10.2 Å². The predicted octanol–water partition coefficient (Wildman–Crippen LogP) is 2.22. The maximum absolute atomic E-state index is 11.8. The average Bonchev–Trinajstić information content (AvgIpc) is 2.44. The second-order valence-electron chi connectivity index (χ2n) is 4.70. The summed E-state index contributed by atoms with van der Waals surface area (Å²) in [6.45, 7) is 4.95. The van der Waals surface area contributed by atoms with Gasteiger partial charge in [-0.1, -0.05) is 29.8 Å². The normalized spacial score (nSPS) is 16.9. The van der Waals surface area contributed by atoms with Crippen molar-refractivity contribution >= 4 is 23.5 Å². The van der Waals surface area contributed by atoms with Crippen LogP contribution in [0.15, 0.2) is 30.3 Å². The molecule has 0 aromatic heterocycles. The first-order chi connectivity index (χ1) is 9.24. The smallest absolute Gasteiger partial charge is 0.156 e. The summed E-state index contributed by atoms with van der Waals surface area (Å²) in [5.41, 5.74) is 0.961. The molecule has 1 aliphatic rings. The molecule has 0 bridgehead atoms. The van der Waals surface area contributed by atoms with Crippen molar-refractivity contribution in [3.63, 3.8) is 0 Å². The first kappa shape index (κ1) is 14.3. The van der Waals surface area contributed by atoms with Gasteiger partial charge >= 0.3 is 0 Å². The molecule has 0 unspecified atom stereocenters. The van der Waals surface area contributed by atoms with Gasteiger partial charge in [-0.05, 0) is 23.8 Å². The van der Waals surface area contributed by atoms with E-state index in [1.807, 2.05) is 30.3 Å². The van der Waals surface area contributed by atoms with Crippen LogP contribution in [0.25, 0.3) is 6.08 Å². The van der Waals surface area contributed by atoms with Crippen LogP contribution in [-0.2, 0) is 4.79 Å². The van der Waals surface area contributed by atoms with E-state index < -0.39 is 0 Å². The van der Waals surface area contributed by atoms with E-state index in [1.54, 1.807) is 6.08 Å². The number of benzene rings is 1. The number of allylic oxidation sites excluding steroid dienone is 1. The molecule has 0 amide bonds. The summed E-state index contributed by atoms with van der Waals surface area (Å²) in [5.74, 6) is 0.165. The third kappa shape index (κ3) is 5.15. The van der Waals surface area contributed by atoms with Crippen LogP contribution < -0.4 is 5.32 Å². The van der Waals surface area contributed by atoms with Crippen LogP contribution in [0.4, 0.5) is 0 Å². The Kier molecular flexibility index (Phi) is 5.58. The van der Waals surface area contributed by atoms with Crippen LogP contribution in [-0.4, -0.2) is 43.4 Å². The number of rotatable bonds is 5. The molecule has 102 valence electrons. The maximum atomic E-state index is 11.8. The summed E-state index contributed by atoms with van der Waals surface area (Å²) in [6, 6.07) is 7.49. The highest BCUT2D eigenvalue weighted by Crippen LogP contribution is 2.11. The molecule has 19 heavy (non-hydrogen) atoms. The molecule has 4 heteroatoms. The first-order valence-corrected chi connectivity index (χ1v) is 7.01. The molecule has 3 nitrogen and oxygen atoms in total. The number of carbonyl (C=O) groups excluding carboxylic acids is 1. The molecule has 1 fully saturated rings. The Morgan fingerprint density at radius 3 is 2.89 bits per heavy atom. The minimum Gasteiger partial charge on any atom is -0.314 e. The SMILES string of the molecule is O=C(C=Cc1cccc(Cl)c1)CCN1CCNCC1. The lowest BCUT2D eigenvalue weighted by Gasteiger charge is -2.26. The molecule has 1 aliphatic heterocycles. The number of carbonyl (C=O) groups is 1. The van der Waals surface area contributed by atoms with E-state index in [2.05, 4.69) is 10.2 Å². The number of nitrogens with zero attached hydrogens (tertiary/aromatic N) is 1. The standard InChI is InChI=1S/C15H19ClN2O/c16-14-3-1-2-13(12-14)4-5-15(19)6-9-18-10-7-17-8-11-18/h1-5,12,17H,6-11H2. The zero-order valence-electron chi connectivity index (χ0n) is 10.9. The van der Waals surface area contributed by atoms with Gasteiger partial charge in [-0.3, -0.25) is 4.79 Å². The van der Waals surface area contributed by atoms with Crippen LogP contribution in [0.1, 0.15) is 12.0 Å². The van der Waals surface area contributed by atoms with Crippen molar-refractivity contribution < 1.29 is 4.79 Å². The number of piperazine rings is 1. The molecule has 0 atom stereocenters. The van der Waals surface area contributed by atoms with Gasteiger partial charge in [-0.2, -0.15) is 0 Å². The van der Waals surface area contributed by atoms with Crippen molar-refractivity contribution in [2.24, 2.45) is 0 Å². The predicted molar refractivity (Wildman–Crippen MR) is 79.4 cm³/mol. The zero-order chi connectivity index (χ0) is 13.5. The molecular formula is C15H19ClN2O. The van der Waals surface area contributed by atoms with E-state index in [1.165, 1.54) is 0 Å². The van der Waals surface area contributed by atoms with Crippen LogP contribution >= 0.6 is 11.6 Å². The summed E-state index contributed by atoms with van der Waals surface area (Å²) >= 11 is 5.89. The number of nitrogens with one attached hydrogen (secondary N) is 1. The Morgan fingerprint density at radius 1 is 1.37 bits per heavy atom. The van der Waals surface area contributed by atoms with Gasteiger partial charge in [0.05, 0.1) is 0 Å². The Balaban J connectivity index is 1.77. The van der Waals surface area contributed by atoms with E-state index in [0.717, 1.165) is 38.3 Å². The van der Waals surface area contributed by atoms with Gasteiger partial charge in [0.15, 0.2) is 5.78 Å². The van der Waals surface area contributed by atoms with Gasteiger partial charge in [0.1, 0.15) is 0 Å². The van der Waals surface area contributed by atoms with E-state index >= 15 is 0 Å². The van der Waals surface area contributed by atoms with Crippen LogP contribution in [0, 0.1) is 0 Å². The van der Waals surface area contributed by atoms with E-state index in [-0.39, 0.29) is 5.78 Å². The highest BCUT2D eigenvalue weighted by Gasteiger charge is 2.09. The van der Waals surface area contributed by atoms with E-state index in [0.29, 0.717) is 11.4 Å². The largest absolute Gasteiger partial charge is 0.314 e. The number of hydrogen-bond donors (Lipinski definition) is 1. The fraction of sp³-hybridized carbons (Fsp3) is 0.400. The molecule has 1 aromatic carbocycles. The molecule has 1 saturated heterocycles. The van der Waals surface area contributed by atoms with Crippen molar-refractivity contribution in [2.75, 3.05) is 32.7 Å². The van der Waals surface area contributed by atoms with E-state index in [9.17, 15) is 4.79 Å². The van der Waals surface area contributed by atoms with Gasteiger partial charge in [0, 0.05) is 44.2 Å². The minimum atomic E-state index is 0.165. The molecular weight excluding hydrogens is 260 g/mol. The van der Waals surface area contributed by atoms with Crippen LogP contribution in [0.3, 0.4) is 0 Å². The van der Waals surface area contributed by atoms with Gasteiger partial charge in [0.2, 0.25) is 0 Å². The Morgan fingerprint density at radius 2 is 2.16 bits per heavy atom. The topological polar surface area (TPSA) is 32.3 Å². The molecule has 1 N–H and O–H groups in total. The van der Waals surface area contributed by atoms with Gasteiger partial charge in [-0.25, -0.2) is 0 Å². The molecule has 1 aromatic rings. The van der Waals surface area contributed by atoms with Gasteiger partial charge < -0.3 is 10.2 Å². The molecule has 1 heterocycles. The Hall–Kier alpha value is -1.16. The van der Waals surface area contributed by atoms with Gasteiger partial charge in [0.25, 0.3) is 0 Å². The Bertz CT molecular complexity index is 453. The van der Waals surface area contributed by atoms with Crippen LogP contribution in [0.2, 0.25) is 5.02 Å². The molecule has 0 radical (unpaired) electrons. The highest BCUT2D eigenvalue weighted by molar-refractivity contribution is 6.30. The van der Waals surface area contributed by atoms with Crippen molar-refractivity contribution in [3.8, 4) is 0 Å². The highest BCUT2D eigenvalue weighted by atomic mass is 35.5. The van der Waals surface area contributed by atoms with Crippen molar-refractivity contribution in [3.05, 3.63) is 40.9 Å². The first-order valence-electron chi connectivity index (χ1n) is 6.63. The lowest BCUT2D eigenvalue weighted by Crippen LogP contribution is -2.44. The third-order valence-corrected chi connectivity index (χ3v) is 3.43. The zero-order valence-corrected chi connectivity index (χ0v) is 11.7. The summed E-state index contributed by atoms with van der Waals surface area (Å²) in [5, 5.41) is 3.99.